The standard InChI is InChI=1S/C42H49N3O7/c1-5-7-21-37(43-41(50)51-26-36-34-19-12-10-17-32(34)33-18-11-13-20-35(33)36)40(49)52-27-42(3,4)44-39(48)29(14-6-2)23-38(47)45-24-30-16-9-8-15-28(30)22-31(45)25-46/h5-6,8-13,15-20,29,31,36-37,46H,1-2,7,14,21-27H2,3-4H3,(H,43,50)(H,44,48)/t29-,31+,37+/m1/s1. The predicted molar refractivity (Wildman–Crippen MR) is 199 cm³/mol. The zero-order valence-corrected chi connectivity index (χ0v) is 30.0. The number of benzene rings is 3. The Morgan fingerprint density at radius 1 is 0.923 bits per heavy atom. The van der Waals surface area contributed by atoms with E-state index in [4.69, 9.17) is 9.47 Å². The van der Waals surface area contributed by atoms with Gasteiger partial charge >= 0.3 is 12.1 Å². The summed E-state index contributed by atoms with van der Waals surface area (Å²) in [5, 5.41) is 15.6. The Morgan fingerprint density at radius 3 is 2.19 bits per heavy atom. The van der Waals surface area contributed by atoms with Crippen LogP contribution in [0.1, 0.15) is 67.7 Å². The number of nitrogens with zero attached hydrogens (tertiary/aromatic N) is 1. The molecule has 0 bridgehead atoms. The average molecular weight is 708 g/mol. The topological polar surface area (TPSA) is 134 Å². The summed E-state index contributed by atoms with van der Waals surface area (Å²) in [5.41, 5.74) is 5.50. The quantitative estimate of drug-likeness (QED) is 0.126. The van der Waals surface area contributed by atoms with E-state index in [-0.39, 0.29) is 62.9 Å². The van der Waals surface area contributed by atoms with Gasteiger partial charge in [0.25, 0.3) is 0 Å². The Balaban J connectivity index is 1.15. The van der Waals surface area contributed by atoms with Gasteiger partial charge in [-0.15, -0.1) is 13.2 Å². The Kier molecular flexibility index (Phi) is 12.7. The van der Waals surface area contributed by atoms with Crippen LogP contribution in [0.3, 0.4) is 0 Å². The van der Waals surface area contributed by atoms with Gasteiger partial charge in [0.15, 0.2) is 0 Å². The highest BCUT2D eigenvalue weighted by molar-refractivity contribution is 5.87. The minimum atomic E-state index is -1.00. The second-order valence-electron chi connectivity index (χ2n) is 14.1. The summed E-state index contributed by atoms with van der Waals surface area (Å²) < 4.78 is 11.3. The van der Waals surface area contributed by atoms with Gasteiger partial charge < -0.3 is 30.1 Å². The first-order chi connectivity index (χ1) is 25.0. The van der Waals surface area contributed by atoms with E-state index >= 15 is 0 Å². The fraction of sp³-hybridized carbons (Fsp3) is 0.381. The zero-order chi connectivity index (χ0) is 37.3. The van der Waals surface area contributed by atoms with E-state index in [0.717, 1.165) is 33.4 Å². The third-order valence-electron chi connectivity index (χ3n) is 9.75. The van der Waals surface area contributed by atoms with Gasteiger partial charge in [-0.25, -0.2) is 9.59 Å². The smallest absolute Gasteiger partial charge is 0.407 e. The SMILES string of the molecule is C=CCC[C@H](NC(=O)OCC1c2ccccc2-c2ccccc21)C(=O)OCC(C)(C)NC(=O)[C@H](CC=C)CC(=O)N1Cc2ccccc2C[C@H]1CO. The van der Waals surface area contributed by atoms with E-state index in [9.17, 15) is 24.3 Å². The Morgan fingerprint density at radius 2 is 1.56 bits per heavy atom. The highest BCUT2D eigenvalue weighted by Gasteiger charge is 2.35. The molecular formula is C42H49N3O7. The largest absolute Gasteiger partial charge is 0.462 e. The van der Waals surface area contributed by atoms with Crippen LogP contribution in [0.2, 0.25) is 0 Å². The molecule has 52 heavy (non-hydrogen) atoms. The van der Waals surface area contributed by atoms with Crippen molar-refractivity contribution >= 4 is 23.9 Å². The Hall–Kier alpha value is -5.22. The fourth-order valence-corrected chi connectivity index (χ4v) is 6.99. The molecular weight excluding hydrogens is 658 g/mol. The van der Waals surface area contributed by atoms with Crippen molar-refractivity contribution in [2.24, 2.45) is 5.92 Å². The fourth-order valence-electron chi connectivity index (χ4n) is 6.99. The summed E-state index contributed by atoms with van der Waals surface area (Å²) >= 11 is 0. The normalized spacial score (nSPS) is 16.0. The molecule has 1 heterocycles. The number of esters is 1. The van der Waals surface area contributed by atoms with E-state index in [2.05, 4.69) is 35.9 Å². The molecule has 0 unspecified atom stereocenters. The summed E-state index contributed by atoms with van der Waals surface area (Å²) in [7, 11) is 0. The molecule has 0 radical (unpaired) electrons. The third kappa shape index (κ3) is 9.16. The van der Waals surface area contributed by atoms with Gasteiger partial charge in [0, 0.05) is 18.9 Å². The summed E-state index contributed by atoms with van der Waals surface area (Å²) in [6.07, 6.45) is 3.93. The highest BCUT2D eigenvalue weighted by Crippen LogP contribution is 2.44. The van der Waals surface area contributed by atoms with Crippen molar-refractivity contribution in [3.8, 4) is 11.1 Å². The van der Waals surface area contributed by atoms with Crippen LogP contribution in [-0.2, 0) is 36.8 Å². The number of hydrogen-bond acceptors (Lipinski definition) is 7. The van der Waals surface area contributed by atoms with Crippen molar-refractivity contribution in [2.45, 2.75) is 76.0 Å². The number of ether oxygens (including phenoxy) is 2. The van der Waals surface area contributed by atoms with Gasteiger partial charge in [-0.1, -0.05) is 84.9 Å². The maximum absolute atomic E-state index is 13.5. The summed E-state index contributed by atoms with van der Waals surface area (Å²) in [5.74, 6) is -2.13. The van der Waals surface area contributed by atoms with Gasteiger partial charge in [0.1, 0.15) is 19.3 Å². The number of carbonyl (C=O) groups is 4. The molecule has 1 aliphatic carbocycles. The number of amides is 3. The number of rotatable bonds is 16. The summed E-state index contributed by atoms with van der Waals surface area (Å²) in [6.45, 7) is 11.0. The van der Waals surface area contributed by atoms with Crippen molar-refractivity contribution < 1.29 is 33.8 Å². The number of alkyl carbamates (subject to hydrolysis) is 1. The van der Waals surface area contributed by atoms with Gasteiger partial charge in [-0.2, -0.15) is 0 Å². The molecule has 3 aromatic carbocycles. The third-order valence-corrected chi connectivity index (χ3v) is 9.75. The van der Waals surface area contributed by atoms with Crippen molar-refractivity contribution in [1.29, 1.82) is 0 Å². The Labute approximate surface area is 305 Å². The summed E-state index contributed by atoms with van der Waals surface area (Å²) in [4.78, 5) is 55.0. The van der Waals surface area contributed by atoms with Crippen LogP contribution >= 0.6 is 0 Å². The van der Waals surface area contributed by atoms with Crippen molar-refractivity contribution in [3.63, 3.8) is 0 Å². The molecule has 3 amide bonds. The second-order valence-corrected chi connectivity index (χ2v) is 14.1. The first kappa shape index (κ1) is 38.0. The van der Waals surface area contributed by atoms with Crippen LogP contribution in [0.5, 0.6) is 0 Å². The number of nitrogens with one attached hydrogen (secondary N) is 2. The Bertz CT molecular complexity index is 1740. The lowest BCUT2D eigenvalue weighted by Gasteiger charge is -2.37. The minimum absolute atomic E-state index is 0.0694. The lowest BCUT2D eigenvalue weighted by Crippen LogP contribution is -2.52. The molecule has 5 rings (SSSR count). The van der Waals surface area contributed by atoms with E-state index in [0.29, 0.717) is 19.4 Å². The molecule has 2 aliphatic rings. The van der Waals surface area contributed by atoms with Crippen molar-refractivity contribution in [3.05, 3.63) is 120 Å². The van der Waals surface area contributed by atoms with Gasteiger partial charge in [-0.05, 0) is 72.9 Å². The number of aliphatic hydroxyl groups excluding tert-OH is 1. The first-order valence-electron chi connectivity index (χ1n) is 17.8. The molecule has 10 heteroatoms. The molecule has 0 aromatic heterocycles. The predicted octanol–water partition coefficient (Wildman–Crippen LogP) is 5.83. The molecule has 3 aromatic rings. The number of aliphatic hydroxyl groups is 1. The van der Waals surface area contributed by atoms with Crippen LogP contribution in [0.4, 0.5) is 4.79 Å². The summed E-state index contributed by atoms with van der Waals surface area (Å²) in [6, 6.07) is 22.5. The first-order valence-corrected chi connectivity index (χ1v) is 17.8. The van der Waals surface area contributed by atoms with Crippen LogP contribution < -0.4 is 10.6 Å². The number of allylic oxidation sites excluding steroid dienone is 2. The molecule has 0 fully saturated rings. The molecule has 0 saturated carbocycles. The van der Waals surface area contributed by atoms with Gasteiger partial charge in [-0.3, -0.25) is 9.59 Å². The minimum Gasteiger partial charge on any atom is -0.462 e. The molecule has 1 aliphatic heterocycles. The van der Waals surface area contributed by atoms with Crippen LogP contribution in [-0.4, -0.2) is 71.3 Å². The molecule has 3 atom stereocenters. The van der Waals surface area contributed by atoms with Crippen LogP contribution in [0.25, 0.3) is 11.1 Å². The van der Waals surface area contributed by atoms with E-state index < -0.39 is 29.6 Å². The number of hydrogen-bond donors (Lipinski definition) is 3. The number of carbonyl (C=O) groups excluding carboxylic acids is 4. The maximum atomic E-state index is 13.5. The average Bonchev–Trinajstić information content (AvgIpc) is 3.47. The van der Waals surface area contributed by atoms with E-state index in [1.165, 1.54) is 0 Å². The highest BCUT2D eigenvalue weighted by atomic mass is 16.6. The maximum Gasteiger partial charge on any atom is 0.407 e. The van der Waals surface area contributed by atoms with Crippen LogP contribution in [0, 0.1) is 5.92 Å². The molecule has 0 saturated heterocycles. The molecule has 3 N–H and O–H groups in total. The molecule has 10 nitrogen and oxygen atoms in total. The van der Waals surface area contributed by atoms with Crippen LogP contribution in [0.15, 0.2) is 98.1 Å². The zero-order valence-electron chi connectivity index (χ0n) is 30.0. The van der Waals surface area contributed by atoms with E-state index in [1.807, 2.05) is 60.7 Å². The molecule has 0 spiro atoms. The van der Waals surface area contributed by atoms with Gasteiger partial charge in [0.2, 0.25) is 11.8 Å². The second kappa shape index (κ2) is 17.3. The monoisotopic (exact) mass is 707 g/mol. The van der Waals surface area contributed by atoms with Crippen molar-refractivity contribution in [2.75, 3.05) is 19.8 Å². The lowest BCUT2D eigenvalue weighted by molar-refractivity contribution is -0.149. The number of fused-ring (bicyclic) bond motifs is 4. The van der Waals surface area contributed by atoms with Crippen molar-refractivity contribution in [1.82, 2.24) is 15.5 Å². The van der Waals surface area contributed by atoms with Gasteiger partial charge in [0.05, 0.1) is 24.1 Å². The van der Waals surface area contributed by atoms with E-state index in [1.54, 1.807) is 30.9 Å². The molecule has 274 valence electrons. The lowest BCUT2D eigenvalue weighted by atomic mass is 9.92.